The summed E-state index contributed by atoms with van der Waals surface area (Å²) in [7, 11) is 2.45. The number of sulfonamides is 1. The lowest BCUT2D eigenvalue weighted by Gasteiger charge is -2.31. The molecule has 1 N–H and O–H groups in total. The Hall–Kier alpha value is -3.38. The maximum Gasteiger partial charge on any atom is 0.243 e. The van der Waals surface area contributed by atoms with Crippen LogP contribution in [0.4, 0.5) is 10.8 Å². The summed E-state index contributed by atoms with van der Waals surface area (Å²) >= 11 is 1.37. The first-order valence-electron chi connectivity index (χ1n) is 15.3. The number of hydrogen-bond acceptors (Lipinski definition) is 8. The molecule has 0 bridgehead atoms. The van der Waals surface area contributed by atoms with E-state index < -0.39 is 15.9 Å². The Balaban J connectivity index is 1.21. The normalized spacial score (nSPS) is 17.6. The largest absolute Gasteiger partial charge is 0.378 e. The molecule has 4 aromatic rings. The number of fused-ring (bicyclic) bond motifs is 1. The number of carbonyl (C=O) groups excluding carboxylic acids is 1. The molecule has 2 aromatic carbocycles. The van der Waals surface area contributed by atoms with Gasteiger partial charge < -0.3 is 15.1 Å². The van der Waals surface area contributed by atoms with Gasteiger partial charge in [-0.25, -0.2) is 18.4 Å². The van der Waals surface area contributed by atoms with Crippen molar-refractivity contribution in [3.8, 4) is 11.3 Å². The smallest absolute Gasteiger partial charge is 0.243 e. The van der Waals surface area contributed by atoms with Crippen molar-refractivity contribution in [2.45, 2.75) is 42.9 Å². The molecule has 9 nitrogen and oxygen atoms in total. The zero-order valence-electron chi connectivity index (χ0n) is 25.6. The lowest BCUT2D eigenvalue weighted by Crippen LogP contribution is -2.47. The van der Waals surface area contributed by atoms with Gasteiger partial charge in [-0.1, -0.05) is 61.3 Å². The zero-order chi connectivity index (χ0) is 30.8. The van der Waals surface area contributed by atoms with Gasteiger partial charge in [-0.2, -0.15) is 4.31 Å². The minimum atomic E-state index is -3.57. The fraction of sp³-hybridized carbons (Fsp3) is 0.424. The molecular weight excluding hydrogens is 593 g/mol. The first-order valence-corrected chi connectivity index (χ1v) is 17.6. The van der Waals surface area contributed by atoms with Crippen LogP contribution in [0, 0.1) is 5.92 Å². The average molecular weight is 633 g/mol. The molecule has 6 rings (SSSR count). The van der Waals surface area contributed by atoms with E-state index in [9.17, 15) is 13.2 Å². The summed E-state index contributed by atoms with van der Waals surface area (Å²) in [5.41, 5.74) is 4.57. The number of thiazole rings is 1. The molecule has 2 fully saturated rings. The molecule has 2 aliphatic rings. The molecule has 1 aliphatic heterocycles. The van der Waals surface area contributed by atoms with Crippen molar-refractivity contribution in [3.63, 3.8) is 0 Å². The lowest BCUT2D eigenvalue weighted by molar-refractivity contribution is -0.118. The van der Waals surface area contributed by atoms with Crippen LogP contribution in [0.3, 0.4) is 0 Å². The molecule has 1 amide bonds. The Morgan fingerprint density at radius 3 is 2.30 bits per heavy atom. The Morgan fingerprint density at radius 1 is 0.955 bits per heavy atom. The lowest BCUT2D eigenvalue weighted by atomic mass is 9.87. The molecule has 3 heterocycles. The van der Waals surface area contributed by atoms with E-state index in [1.807, 2.05) is 45.4 Å². The summed E-state index contributed by atoms with van der Waals surface area (Å²) in [5, 5.41) is 3.59. The average Bonchev–Trinajstić information content (AvgIpc) is 3.69. The fourth-order valence-electron chi connectivity index (χ4n) is 6.18. The van der Waals surface area contributed by atoms with Crippen molar-refractivity contribution in [2.24, 2.45) is 5.92 Å². The van der Waals surface area contributed by atoms with Gasteiger partial charge in [-0.05, 0) is 61.3 Å². The molecule has 0 radical (unpaired) electrons. The van der Waals surface area contributed by atoms with Gasteiger partial charge in [0, 0.05) is 51.5 Å². The van der Waals surface area contributed by atoms with Crippen LogP contribution in [0.2, 0.25) is 0 Å². The van der Waals surface area contributed by atoms with Gasteiger partial charge >= 0.3 is 0 Å². The Kier molecular flexibility index (Phi) is 9.00. The van der Waals surface area contributed by atoms with Crippen LogP contribution in [0.5, 0.6) is 0 Å². The number of rotatable bonds is 9. The van der Waals surface area contributed by atoms with Gasteiger partial charge in [0.1, 0.15) is 10.3 Å². The standard InChI is InChI=1S/C33H40N6O3S2/c1-37(2)26-12-8-25(9-13-26)29-16-17-30-32(34-29)43-33(35-30)36-31(40)28(22-23-6-4-5-7-23)24-10-14-27(15-11-24)44(41,42)39-20-18-38(3)19-21-39/h8-17,23,28H,4-7,18-22H2,1-3H3,(H,35,36,40)/t28-/m1/s1. The van der Waals surface area contributed by atoms with Gasteiger partial charge in [0.2, 0.25) is 15.9 Å². The molecule has 11 heteroatoms. The van der Waals surface area contributed by atoms with Crippen LogP contribution in [-0.4, -0.2) is 80.8 Å². The Morgan fingerprint density at radius 2 is 1.64 bits per heavy atom. The number of benzene rings is 2. The number of anilines is 2. The molecule has 1 aliphatic carbocycles. The number of likely N-dealkylation sites (N-methyl/N-ethyl adjacent to an activating group) is 1. The number of hydrogen-bond donors (Lipinski definition) is 1. The van der Waals surface area contributed by atoms with Crippen molar-refractivity contribution in [3.05, 3.63) is 66.2 Å². The van der Waals surface area contributed by atoms with E-state index in [4.69, 9.17) is 4.98 Å². The van der Waals surface area contributed by atoms with Gasteiger partial charge in [-0.15, -0.1) is 0 Å². The third-order valence-electron chi connectivity index (χ3n) is 8.91. The molecule has 1 saturated carbocycles. The number of aromatic nitrogens is 2. The number of pyridine rings is 1. The molecule has 44 heavy (non-hydrogen) atoms. The van der Waals surface area contributed by atoms with Crippen molar-refractivity contribution < 1.29 is 13.2 Å². The Bertz CT molecular complexity index is 1710. The first kappa shape index (κ1) is 30.6. The summed E-state index contributed by atoms with van der Waals surface area (Å²) in [6.07, 6.45) is 5.33. The monoisotopic (exact) mass is 632 g/mol. The van der Waals surface area contributed by atoms with E-state index in [1.165, 1.54) is 24.2 Å². The number of piperazine rings is 1. The van der Waals surface area contributed by atoms with E-state index in [0.29, 0.717) is 37.2 Å². The van der Waals surface area contributed by atoms with E-state index in [-0.39, 0.29) is 10.8 Å². The van der Waals surface area contributed by atoms with Crippen molar-refractivity contribution in [1.29, 1.82) is 0 Å². The summed E-state index contributed by atoms with van der Waals surface area (Å²) in [6, 6.07) is 19.1. The summed E-state index contributed by atoms with van der Waals surface area (Å²) in [4.78, 5) is 28.5. The highest BCUT2D eigenvalue weighted by molar-refractivity contribution is 7.89. The fourth-order valence-corrected chi connectivity index (χ4v) is 8.44. The van der Waals surface area contributed by atoms with E-state index >= 15 is 0 Å². The molecular formula is C33H40N6O3S2. The number of amides is 1. The zero-order valence-corrected chi connectivity index (χ0v) is 27.2. The maximum absolute atomic E-state index is 13.8. The van der Waals surface area contributed by atoms with Crippen LogP contribution in [0.25, 0.3) is 21.6 Å². The van der Waals surface area contributed by atoms with Crippen LogP contribution in [0.15, 0.2) is 65.6 Å². The number of nitrogens with one attached hydrogen (secondary N) is 1. The highest BCUT2D eigenvalue weighted by Crippen LogP contribution is 2.36. The van der Waals surface area contributed by atoms with Gasteiger partial charge in [0.15, 0.2) is 5.13 Å². The van der Waals surface area contributed by atoms with E-state index in [1.54, 1.807) is 16.4 Å². The first-order chi connectivity index (χ1) is 21.2. The van der Waals surface area contributed by atoms with Crippen molar-refractivity contribution >= 4 is 48.4 Å². The quantitative estimate of drug-likeness (QED) is 0.254. The van der Waals surface area contributed by atoms with Gasteiger partial charge in [-0.3, -0.25) is 4.79 Å². The summed E-state index contributed by atoms with van der Waals surface area (Å²) < 4.78 is 28.1. The van der Waals surface area contributed by atoms with Crippen LogP contribution in [0.1, 0.15) is 43.6 Å². The predicted octanol–water partition coefficient (Wildman–Crippen LogP) is 5.66. The number of carbonyl (C=O) groups is 1. The summed E-state index contributed by atoms with van der Waals surface area (Å²) in [6.45, 7) is 2.39. The SMILES string of the molecule is CN1CCN(S(=O)(=O)c2ccc([C@@H](CC3CCCC3)C(=O)Nc3nc4ccc(-c5ccc(N(C)C)cc5)nc4s3)cc2)CC1. The minimum Gasteiger partial charge on any atom is -0.378 e. The highest BCUT2D eigenvalue weighted by Gasteiger charge is 2.30. The van der Waals surface area contributed by atoms with Crippen LogP contribution in [-0.2, 0) is 14.8 Å². The number of nitrogens with zero attached hydrogens (tertiary/aromatic N) is 5. The topological polar surface area (TPSA) is 98.7 Å². The molecule has 232 valence electrons. The third-order valence-corrected chi connectivity index (χ3v) is 11.7. The maximum atomic E-state index is 13.8. The van der Waals surface area contributed by atoms with Gasteiger partial charge in [0.05, 0.1) is 16.5 Å². The predicted molar refractivity (Wildman–Crippen MR) is 178 cm³/mol. The van der Waals surface area contributed by atoms with E-state index in [2.05, 4.69) is 44.4 Å². The third kappa shape index (κ3) is 6.66. The van der Waals surface area contributed by atoms with Crippen LogP contribution >= 0.6 is 11.3 Å². The summed E-state index contributed by atoms with van der Waals surface area (Å²) in [5.74, 6) is -0.0488. The van der Waals surface area contributed by atoms with Gasteiger partial charge in [0.25, 0.3) is 0 Å². The highest BCUT2D eigenvalue weighted by atomic mass is 32.2. The van der Waals surface area contributed by atoms with Crippen molar-refractivity contribution in [2.75, 3.05) is 57.5 Å². The second-order valence-electron chi connectivity index (χ2n) is 12.2. The van der Waals surface area contributed by atoms with E-state index in [0.717, 1.165) is 52.1 Å². The molecule has 2 aromatic heterocycles. The second-order valence-corrected chi connectivity index (χ2v) is 15.1. The molecule has 1 atom stereocenters. The molecule has 0 unspecified atom stereocenters. The van der Waals surface area contributed by atoms with Crippen molar-refractivity contribution in [1.82, 2.24) is 19.2 Å². The molecule has 1 saturated heterocycles. The minimum absolute atomic E-state index is 0.120. The Labute approximate surface area is 264 Å². The molecule has 0 spiro atoms. The second kappa shape index (κ2) is 12.9. The van der Waals surface area contributed by atoms with Crippen LogP contribution < -0.4 is 10.2 Å².